The highest BCUT2D eigenvalue weighted by molar-refractivity contribution is 5.74. The first kappa shape index (κ1) is 31.7. The Bertz CT molecular complexity index is 1180. The zero-order chi connectivity index (χ0) is 31.6. The average molecular weight is 609 g/mol. The summed E-state index contributed by atoms with van der Waals surface area (Å²) in [6.45, 7) is 24.6. The predicted molar refractivity (Wildman–Crippen MR) is 175 cm³/mol. The van der Waals surface area contributed by atoms with Gasteiger partial charge in [0.15, 0.2) is 0 Å². The van der Waals surface area contributed by atoms with Crippen molar-refractivity contribution in [3.05, 3.63) is 12.2 Å². The van der Waals surface area contributed by atoms with Gasteiger partial charge in [0.2, 0.25) is 6.29 Å². The second kappa shape index (κ2) is 10.3. The number of cyclic esters (lactones) is 1. The summed E-state index contributed by atoms with van der Waals surface area (Å²) in [5.41, 5.74) is 2.42. The van der Waals surface area contributed by atoms with Gasteiger partial charge < -0.3 is 14.6 Å². The third-order valence-corrected chi connectivity index (χ3v) is 17.4. The molecule has 0 amide bonds. The molecule has 0 radical (unpaired) electrons. The molecule has 0 aromatic carbocycles. The monoisotopic (exact) mass is 608 g/mol. The van der Waals surface area contributed by atoms with Crippen LogP contribution in [-0.2, 0) is 14.3 Å². The van der Waals surface area contributed by atoms with E-state index in [0.29, 0.717) is 64.3 Å². The van der Waals surface area contributed by atoms with Crippen molar-refractivity contribution in [2.24, 2.45) is 80.3 Å². The number of fused-ring (bicyclic) bond motifs is 8. The molecule has 0 unspecified atom stereocenters. The lowest BCUT2D eigenvalue weighted by molar-refractivity contribution is -0.282. The maximum absolute atomic E-state index is 13.1. The molecule has 44 heavy (non-hydrogen) atoms. The van der Waals surface area contributed by atoms with Crippen molar-refractivity contribution in [2.45, 2.75) is 145 Å². The lowest BCUT2D eigenvalue weighted by atomic mass is 9.32. The van der Waals surface area contributed by atoms with Crippen molar-refractivity contribution < 1.29 is 19.4 Å². The first-order valence-electron chi connectivity index (χ1n) is 18.8. The third-order valence-electron chi connectivity index (χ3n) is 17.4. The summed E-state index contributed by atoms with van der Waals surface area (Å²) < 4.78 is 13.1. The molecule has 0 aromatic heterocycles. The Balaban J connectivity index is 1.14. The first-order valence-corrected chi connectivity index (χ1v) is 18.8. The van der Waals surface area contributed by atoms with E-state index in [1.165, 1.54) is 63.4 Å². The molecule has 4 heteroatoms. The molecule has 6 aliphatic carbocycles. The summed E-state index contributed by atoms with van der Waals surface area (Å²) in [5.74, 6) is 4.35. The predicted octanol–water partition coefficient (Wildman–Crippen LogP) is 9.20. The van der Waals surface area contributed by atoms with Gasteiger partial charge in [0.05, 0.1) is 12.0 Å². The van der Waals surface area contributed by atoms with E-state index in [2.05, 4.69) is 62.0 Å². The zero-order valence-corrected chi connectivity index (χ0v) is 29.4. The second-order valence-electron chi connectivity index (χ2n) is 19.1. The summed E-state index contributed by atoms with van der Waals surface area (Å²) in [6.07, 6.45) is 14.3. The van der Waals surface area contributed by atoms with Crippen LogP contribution in [0.4, 0.5) is 0 Å². The number of esters is 1. The molecule has 248 valence electrons. The number of carbonyl (C=O) groups excluding carboxylic acids is 1. The standard InChI is InChI=1S/C40H64O4/c1-23(2)26-14-19-40(22-41)21-20-38(8)28(33(26)40)12-13-30-37(7)17-16-31(36(5,6)29(37)15-18-39(30,38)9)43-35-25(4)27-11-10-24(3)32(27)34(42)44-35/h24-33,35,41H,1,10-22H2,2-9H3/t24-,25-,26-,27-,28+,29-,30+,31-,32+,33+,35-,37-,38+,39+,40+/m0/s1. The fourth-order valence-corrected chi connectivity index (χ4v) is 14.8. The van der Waals surface area contributed by atoms with Crippen LogP contribution in [-0.4, -0.2) is 30.1 Å². The quantitative estimate of drug-likeness (QED) is 0.196. The molecule has 15 atom stereocenters. The minimum absolute atomic E-state index is 0.00570. The van der Waals surface area contributed by atoms with Crippen LogP contribution in [0.25, 0.3) is 0 Å². The highest BCUT2D eigenvalue weighted by atomic mass is 16.7. The first-order chi connectivity index (χ1) is 20.6. The molecule has 0 bridgehead atoms. The number of allylic oxidation sites excluding steroid dienone is 1. The molecule has 1 N–H and O–H groups in total. The maximum Gasteiger partial charge on any atom is 0.311 e. The van der Waals surface area contributed by atoms with Crippen molar-refractivity contribution in [3.8, 4) is 0 Å². The van der Waals surface area contributed by atoms with Gasteiger partial charge in [-0.25, -0.2) is 0 Å². The second-order valence-corrected chi connectivity index (χ2v) is 19.1. The van der Waals surface area contributed by atoms with E-state index in [1.807, 2.05) is 0 Å². The van der Waals surface area contributed by atoms with E-state index < -0.39 is 6.29 Å². The van der Waals surface area contributed by atoms with Gasteiger partial charge in [-0.3, -0.25) is 4.79 Å². The van der Waals surface area contributed by atoms with E-state index in [9.17, 15) is 9.90 Å². The van der Waals surface area contributed by atoms with Gasteiger partial charge in [0.25, 0.3) is 0 Å². The van der Waals surface area contributed by atoms with Crippen LogP contribution in [0.1, 0.15) is 132 Å². The third kappa shape index (κ3) is 4.03. The van der Waals surface area contributed by atoms with E-state index in [0.717, 1.165) is 19.3 Å². The Labute approximate surface area is 268 Å². The number of carbonyl (C=O) groups is 1. The lowest BCUT2D eigenvalue weighted by Gasteiger charge is -2.73. The Morgan fingerprint density at radius 2 is 1.64 bits per heavy atom. The van der Waals surface area contributed by atoms with Gasteiger partial charge in [-0.05, 0) is 152 Å². The van der Waals surface area contributed by atoms with Crippen LogP contribution in [0.15, 0.2) is 12.2 Å². The minimum atomic E-state index is -0.396. The smallest absolute Gasteiger partial charge is 0.311 e. The normalized spacial score (nSPS) is 56.0. The molecule has 7 fully saturated rings. The highest BCUT2D eigenvalue weighted by Crippen LogP contribution is 2.77. The minimum Gasteiger partial charge on any atom is -0.435 e. The maximum atomic E-state index is 13.1. The number of rotatable bonds is 4. The fraction of sp³-hybridized carbons (Fsp3) is 0.925. The van der Waals surface area contributed by atoms with Crippen LogP contribution in [0, 0.1) is 80.3 Å². The van der Waals surface area contributed by atoms with Gasteiger partial charge in [-0.2, -0.15) is 0 Å². The molecule has 4 nitrogen and oxygen atoms in total. The van der Waals surface area contributed by atoms with Crippen LogP contribution in [0.3, 0.4) is 0 Å². The summed E-state index contributed by atoms with van der Waals surface area (Å²) in [4.78, 5) is 13.1. The summed E-state index contributed by atoms with van der Waals surface area (Å²) in [7, 11) is 0. The van der Waals surface area contributed by atoms with E-state index in [1.54, 1.807) is 0 Å². The fourth-order valence-electron chi connectivity index (χ4n) is 14.8. The summed E-state index contributed by atoms with van der Waals surface area (Å²) in [6, 6.07) is 0. The highest BCUT2D eigenvalue weighted by Gasteiger charge is 2.71. The summed E-state index contributed by atoms with van der Waals surface area (Å²) in [5, 5.41) is 10.8. The van der Waals surface area contributed by atoms with Gasteiger partial charge in [0.1, 0.15) is 0 Å². The van der Waals surface area contributed by atoms with Crippen LogP contribution >= 0.6 is 0 Å². The van der Waals surface area contributed by atoms with Gasteiger partial charge in [-0.15, -0.1) is 0 Å². The average Bonchev–Trinajstić information content (AvgIpc) is 3.55. The molecule has 1 heterocycles. The zero-order valence-electron chi connectivity index (χ0n) is 29.4. The number of ether oxygens (including phenoxy) is 2. The Morgan fingerprint density at radius 1 is 0.886 bits per heavy atom. The molecule has 1 saturated heterocycles. The van der Waals surface area contributed by atoms with Crippen molar-refractivity contribution >= 4 is 5.97 Å². The molecular formula is C40H64O4. The Hall–Kier alpha value is -0.870. The van der Waals surface area contributed by atoms with Crippen LogP contribution in [0.5, 0.6) is 0 Å². The van der Waals surface area contributed by atoms with E-state index in [4.69, 9.17) is 9.47 Å². The van der Waals surface area contributed by atoms with Crippen molar-refractivity contribution in [2.75, 3.05) is 6.61 Å². The van der Waals surface area contributed by atoms with Crippen molar-refractivity contribution in [3.63, 3.8) is 0 Å². The molecule has 0 spiro atoms. The topological polar surface area (TPSA) is 55.8 Å². The molecule has 6 saturated carbocycles. The SMILES string of the molecule is C=C(C)[C@@H]1CC[C@]2(CO)CC[C@]3(C)[C@H](CC[C@@H]4[C@@]5(C)CC[C@H](O[C@H]6OC(=O)[C@H]7[C@@H](CC[C@@H]7C)[C@@H]6C)C(C)(C)[C@@H]5CC[C@]43C)[C@@H]12. The lowest BCUT2D eigenvalue weighted by Crippen LogP contribution is -2.67. The van der Waals surface area contributed by atoms with Crippen molar-refractivity contribution in [1.82, 2.24) is 0 Å². The largest absolute Gasteiger partial charge is 0.435 e. The van der Waals surface area contributed by atoms with Crippen LogP contribution < -0.4 is 0 Å². The molecular weight excluding hydrogens is 544 g/mol. The molecule has 7 rings (SSSR count). The number of aliphatic hydroxyl groups is 1. The van der Waals surface area contributed by atoms with E-state index in [-0.39, 0.29) is 34.7 Å². The van der Waals surface area contributed by atoms with E-state index >= 15 is 0 Å². The molecule has 1 aliphatic heterocycles. The number of hydrogen-bond donors (Lipinski definition) is 1. The molecule has 7 aliphatic rings. The van der Waals surface area contributed by atoms with Crippen LogP contribution in [0.2, 0.25) is 0 Å². The van der Waals surface area contributed by atoms with Gasteiger partial charge >= 0.3 is 5.97 Å². The number of aliphatic hydroxyl groups excluding tert-OH is 1. The Kier molecular flexibility index (Phi) is 7.43. The number of hydrogen-bond acceptors (Lipinski definition) is 4. The summed E-state index contributed by atoms with van der Waals surface area (Å²) >= 11 is 0. The van der Waals surface area contributed by atoms with Gasteiger partial charge in [0, 0.05) is 12.5 Å². The molecule has 0 aromatic rings. The Morgan fingerprint density at radius 3 is 2.34 bits per heavy atom. The van der Waals surface area contributed by atoms with Gasteiger partial charge in [-0.1, -0.05) is 60.6 Å². The van der Waals surface area contributed by atoms with Crippen molar-refractivity contribution in [1.29, 1.82) is 0 Å².